The van der Waals surface area contributed by atoms with Crippen LogP contribution in [0.4, 0.5) is 5.69 Å². The van der Waals surface area contributed by atoms with Crippen LogP contribution in [-0.2, 0) is 16.6 Å². The molecule has 0 spiro atoms. The Kier molecular flexibility index (Phi) is 7.20. The highest BCUT2D eigenvalue weighted by atomic mass is 32.2. The predicted molar refractivity (Wildman–Crippen MR) is 127 cm³/mol. The van der Waals surface area contributed by atoms with Gasteiger partial charge in [-0.2, -0.15) is 0 Å². The van der Waals surface area contributed by atoms with Gasteiger partial charge in [0.2, 0.25) is 0 Å². The quantitative estimate of drug-likeness (QED) is 0.517. The van der Waals surface area contributed by atoms with Crippen LogP contribution < -0.4 is 14.8 Å². The van der Waals surface area contributed by atoms with Crippen molar-refractivity contribution in [1.29, 1.82) is 0 Å². The number of ether oxygens (including phenoxy) is 1. The van der Waals surface area contributed by atoms with E-state index in [9.17, 15) is 13.2 Å². The molecule has 0 saturated heterocycles. The monoisotopic (exact) mass is 452 g/mol. The topological polar surface area (TPSA) is 84.5 Å². The van der Waals surface area contributed by atoms with Crippen molar-refractivity contribution in [1.82, 2.24) is 5.32 Å². The van der Waals surface area contributed by atoms with E-state index in [-0.39, 0.29) is 16.4 Å². The van der Waals surface area contributed by atoms with Crippen LogP contribution >= 0.6 is 0 Å². The molecule has 0 radical (unpaired) electrons. The molecule has 2 N–H and O–H groups in total. The second-order valence-corrected chi connectivity index (χ2v) is 9.24. The molecule has 0 aliphatic carbocycles. The van der Waals surface area contributed by atoms with Gasteiger partial charge in [0.05, 0.1) is 17.2 Å². The number of benzene rings is 3. The summed E-state index contributed by atoms with van der Waals surface area (Å²) in [6, 6.07) is 17.6. The Morgan fingerprint density at radius 2 is 1.66 bits per heavy atom. The Balaban J connectivity index is 1.76. The summed E-state index contributed by atoms with van der Waals surface area (Å²) in [5.41, 5.74) is 4.13. The molecular formula is C25H28N2O4S. The molecule has 32 heavy (non-hydrogen) atoms. The number of rotatable bonds is 8. The fraction of sp³-hybridized carbons (Fsp3) is 0.240. The number of carbonyl (C=O) groups is 1. The molecule has 0 unspecified atom stereocenters. The van der Waals surface area contributed by atoms with E-state index in [0.717, 1.165) is 22.4 Å². The minimum atomic E-state index is -3.86. The first-order valence-electron chi connectivity index (χ1n) is 10.4. The molecule has 0 aromatic heterocycles. The number of hydrogen-bond acceptors (Lipinski definition) is 4. The van der Waals surface area contributed by atoms with E-state index < -0.39 is 10.0 Å². The lowest BCUT2D eigenvalue weighted by molar-refractivity contribution is 0.0950. The van der Waals surface area contributed by atoms with Gasteiger partial charge in [-0.15, -0.1) is 0 Å². The van der Waals surface area contributed by atoms with Crippen molar-refractivity contribution in [3.63, 3.8) is 0 Å². The molecule has 0 fully saturated rings. The van der Waals surface area contributed by atoms with E-state index in [1.165, 1.54) is 6.07 Å². The average molecular weight is 453 g/mol. The highest BCUT2D eigenvalue weighted by Gasteiger charge is 2.20. The summed E-state index contributed by atoms with van der Waals surface area (Å²) < 4.78 is 34.2. The van der Waals surface area contributed by atoms with Crippen LogP contribution in [0, 0.1) is 20.8 Å². The minimum absolute atomic E-state index is 0.0760. The number of nitrogens with one attached hydrogen (secondary N) is 2. The zero-order chi connectivity index (χ0) is 23.3. The van der Waals surface area contributed by atoms with Crippen LogP contribution in [0.2, 0.25) is 0 Å². The van der Waals surface area contributed by atoms with Crippen LogP contribution in [0.1, 0.15) is 39.5 Å². The van der Waals surface area contributed by atoms with Crippen molar-refractivity contribution < 1.29 is 17.9 Å². The van der Waals surface area contributed by atoms with Crippen LogP contribution in [0.15, 0.2) is 65.6 Å². The summed E-state index contributed by atoms with van der Waals surface area (Å²) in [7, 11) is -3.86. The first kappa shape index (κ1) is 23.3. The second kappa shape index (κ2) is 9.87. The van der Waals surface area contributed by atoms with Crippen molar-refractivity contribution in [3.05, 3.63) is 88.5 Å². The van der Waals surface area contributed by atoms with Crippen molar-refractivity contribution in [2.24, 2.45) is 0 Å². The maximum Gasteiger partial charge on any atom is 0.262 e. The highest BCUT2D eigenvalue weighted by molar-refractivity contribution is 7.92. The first-order chi connectivity index (χ1) is 15.2. The Labute approximate surface area is 189 Å². The molecule has 7 heteroatoms. The van der Waals surface area contributed by atoms with Crippen molar-refractivity contribution in [3.8, 4) is 5.75 Å². The fourth-order valence-electron chi connectivity index (χ4n) is 3.25. The Morgan fingerprint density at radius 3 is 2.34 bits per heavy atom. The Morgan fingerprint density at radius 1 is 0.938 bits per heavy atom. The summed E-state index contributed by atoms with van der Waals surface area (Å²) in [5, 5.41) is 2.84. The molecule has 0 saturated carbocycles. The predicted octanol–water partition coefficient (Wildman–Crippen LogP) is 4.74. The van der Waals surface area contributed by atoms with Crippen molar-refractivity contribution >= 4 is 21.6 Å². The van der Waals surface area contributed by atoms with Gasteiger partial charge in [0, 0.05) is 12.1 Å². The summed E-state index contributed by atoms with van der Waals surface area (Å²) in [5.74, 6) is 0.425. The van der Waals surface area contributed by atoms with E-state index in [1.807, 2.05) is 51.1 Å². The fourth-order valence-corrected chi connectivity index (χ4v) is 4.64. The van der Waals surface area contributed by atoms with Crippen molar-refractivity contribution in [2.45, 2.75) is 39.1 Å². The van der Waals surface area contributed by atoms with Gasteiger partial charge in [0.15, 0.2) is 0 Å². The molecule has 0 heterocycles. The number of sulfonamides is 1. The number of aryl methyl sites for hydroxylation is 2. The molecule has 0 atom stereocenters. The summed E-state index contributed by atoms with van der Waals surface area (Å²) >= 11 is 0. The third-order valence-electron chi connectivity index (χ3n) is 5.28. The van der Waals surface area contributed by atoms with E-state index in [4.69, 9.17) is 4.74 Å². The van der Waals surface area contributed by atoms with E-state index in [2.05, 4.69) is 10.0 Å². The van der Waals surface area contributed by atoms with E-state index in [0.29, 0.717) is 24.4 Å². The average Bonchev–Trinajstić information content (AvgIpc) is 2.76. The molecule has 3 aromatic rings. The lowest BCUT2D eigenvalue weighted by Gasteiger charge is -2.14. The third kappa shape index (κ3) is 5.48. The summed E-state index contributed by atoms with van der Waals surface area (Å²) in [4.78, 5) is 12.8. The van der Waals surface area contributed by atoms with Crippen LogP contribution in [0.25, 0.3) is 0 Å². The van der Waals surface area contributed by atoms with Gasteiger partial charge in [-0.25, -0.2) is 8.42 Å². The minimum Gasteiger partial charge on any atom is -0.494 e. The number of carbonyl (C=O) groups excluding carboxylic acids is 1. The van der Waals surface area contributed by atoms with Gasteiger partial charge in [0.1, 0.15) is 5.75 Å². The highest BCUT2D eigenvalue weighted by Crippen LogP contribution is 2.24. The largest absolute Gasteiger partial charge is 0.494 e. The first-order valence-corrected chi connectivity index (χ1v) is 11.9. The van der Waals surface area contributed by atoms with Gasteiger partial charge >= 0.3 is 0 Å². The maximum atomic E-state index is 13.1. The molecule has 0 aliphatic rings. The van der Waals surface area contributed by atoms with Crippen LogP contribution in [0.3, 0.4) is 0 Å². The van der Waals surface area contributed by atoms with Crippen LogP contribution in [-0.4, -0.2) is 20.9 Å². The van der Waals surface area contributed by atoms with Gasteiger partial charge in [0.25, 0.3) is 15.9 Å². The summed E-state index contributed by atoms with van der Waals surface area (Å²) in [6.45, 7) is 8.33. The Bertz CT molecular complexity index is 1220. The van der Waals surface area contributed by atoms with Gasteiger partial charge < -0.3 is 10.1 Å². The van der Waals surface area contributed by atoms with E-state index >= 15 is 0 Å². The number of hydrogen-bond donors (Lipinski definition) is 2. The van der Waals surface area contributed by atoms with Gasteiger partial charge in [-0.3, -0.25) is 9.52 Å². The maximum absolute atomic E-state index is 13.1. The van der Waals surface area contributed by atoms with Gasteiger partial charge in [-0.1, -0.05) is 30.3 Å². The van der Waals surface area contributed by atoms with Gasteiger partial charge in [-0.05, 0) is 80.3 Å². The smallest absolute Gasteiger partial charge is 0.262 e. The normalized spacial score (nSPS) is 11.1. The molecule has 168 valence electrons. The molecule has 3 aromatic carbocycles. The molecule has 1 amide bonds. The molecular weight excluding hydrogens is 424 g/mol. The number of amides is 1. The SMILES string of the molecule is CCOc1ccc(CNC(=O)c2ccc(C)c(S(=O)(=O)Nc3cccc(C)c3C)c2)cc1. The summed E-state index contributed by atoms with van der Waals surface area (Å²) in [6.07, 6.45) is 0. The van der Waals surface area contributed by atoms with E-state index in [1.54, 1.807) is 31.2 Å². The molecule has 3 rings (SSSR count). The lowest BCUT2D eigenvalue weighted by atomic mass is 10.1. The zero-order valence-corrected chi connectivity index (χ0v) is 19.5. The van der Waals surface area contributed by atoms with Crippen LogP contribution in [0.5, 0.6) is 5.75 Å². The lowest BCUT2D eigenvalue weighted by Crippen LogP contribution is -2.23. The standard InChI is InChI=1S/C25H28N2O4S/c1-5-31-22-13-10-20(11-14-22)16-26-25(28)21-12-9-18(3)24(15-21)32(29,30)27-23-8-6-7-17(2)19(23)4/h6-15,27H,5,16H2,1-4H3,(H,26,28). The second-order valence-electron chi connectivity index (χ2n) is 7.59. The third-order valence-corrected chi connectivity index (χ3v) is 6.78. The molecule has 0 aliphatic heterocycles. The molecule has 6 nitrogen and oxygen atoms in total. The zero-order valence-electron chi connectivity index (χ0n) is 18.7. The Hall–Kier alpha value is -3.32. The number of anilines is 1. The van der Waals surface area contributed by atoms with Crippen molar-refractivity contribution in [2.75, 3.05) is 11.3 Å². The molecule has 0 bridgehead atoms.